The number of halogens is 5. The maximum atomic E-state index is 13.1. The zero-order chi connectivity index (χ0) is 35.1. The average Bonchev–Trinajstić information content (AvgIpc) is 3.03. The molecular weight excluding hydrogens is 670 g/mol. The first-order chi connectivity index (χ1) is 22.1. The summed E-state index contributed by atoms with van der Waals surface area (Å²) >= 11 is 10.9. The van der Waals surface area contributed by atoms with Gasteiger partial charge in [0, 0.05) is 18.7 Å². The van der Waals surface area contributed by atoms with Crippen LogP contribution in [-0.2, 0) is 35.8 Å². The molecule has 0 amide bonds. The molecule has 0 aliphatic heterocycles. The minimum atomic E-state index is -4.84. The maximum absolute atomic E-state index is 13.1. The third-order valence-electron chi connectivity index (χ3n) is 6.49. The van der Waals surface area contributed by atoms with Crippen molar-refractivity contribution in [3.8, 4) is 17.2 Å². The van der Waals surface area contributed by atoms with Crippen molar-refractivity contribution in [3.05, 3.63) is 114 Å². The molecule has 2 aromatic carbocycles. The fourth-order valence-electron chi connectivity index (χ4n) is 4.01. The van der Waals surface area contributed by atoms with Crippen molar-refractivity contribution in [3.63, 3.8) is 0 Å². The summed E-state index contributed by atoms with van der Waals surface area (Å²) in [5, 5.41) is 8.69. The lowest BCUT2D eigenvalue weighted by Crippen LogP contribution is -2.40. The molecule has 1 atom stereocenters. The lowest BCUT2D eigenvalue weighted by molar-refractivity contribution is -0.148. The van der Waals surface area contributed by atoms with Crippen molar-refractivity contribution in [2.45, 2.75) is 39.2 Å². The molecule has 16 heteroatoms. The van der Waals surface area contributed by atoms with Crippen LogP contribution in [0.3, 0.4) is 0 Å². The third-order valence-corrected chi connectivity index (χ3v) is 7.01. The number of methoxy groups -OCH3 is 1. The molecule has 4 aromatic rings. The molecule has 2 heterocycles. The van der Waals surface area contributed by atoms with E-state index in [-0.39, 0.29) is 28.2 Å². The largest absolute Gasteiger partial charge is 0.489 e. The van der Waals surface area contributed by atoms with Gasteiger partial charge >= 0.3 is 23.8 Å². The fourth-order valence-corrected chi connectivity index (χ4v) is 4.34. The highest BCUT2D eigenvalue weighted by Crippen LogP contribution is 2.27. The Morgan fingerprint density at radius 1 is 1.02 bits per heavy atom. The van der Waals surface area contributed by atoms with Crippen LogP contribution in [0, 0.1) is 0 Å². The molecule has 250 valence electrons. The number of aromatic nitrogens is 3. The Morgan fingerprint density at radius 3 is 2.23 bits per heavy atom. The van der Waals surface area contributed by atoms with Gasteiger partial charge < -0.3 is 19.3 Å². The van der Waals surface area contributed by atoms with Crippen LogP contribution in [0.5, 0.6) is 11.5 Å². The number of carboxylic acids is 1. The number of carbonyl (C=O) groups is 2. The molecule has 0 spiro atoms. The van der Waals surface area contributed by atoms with Gasteiger partial charge in [-0.1, -0.05) is 42.3 Å². The molecule has 0 radical (unpaired) electrons. The highest BCUT2D eigenvalue weighted by molar-refractivity contribution is 6.34. The van der Waals surface area contributed by atoms with Gasteiger partial charge in [0.1, 0.15) is 29.0 Å². The number of hydrogen-bond donors (Lipinski definition) is 1. The Morgan fingerprint density at radius 2 is 1.68 bits per heavy atom. The fraction of sp³-hybridized carbons (Fsp3) is 0.258. The Bertz CT molecular complexity index is 1880. The number of benzene rings is 2. The first kappa shape index (κ1) is 36.6. The molecule has 2 aromatic heterocycles. The first-order valence-electron chi connectivity index (χ1n) is 13.6. The summed E-state index contributed by atoms with van der Waals surface area (Å²) < 4.78 is 56.5. The Labute approximate surface area is 275 Å². The molecule has 0 aliphatic rings. The molecule has 0 saturated carbocycles. The normalized spacial score (nSPS) is 11.6. The number of aromatic carboxylic acids is 1. The molecule has 0 saturated heterocycles. The van der Waals surface area contributed by atoms with Gasteiger partial charge in [0.25, 0.3) is 5.56 Å². The highest BCUT2D eigenvalue weighted by Gasteiger charge is 2.35. The second kappa shape index (κ2) is 15.6. The third kappa shape index (κ3) is 9.36. The minimum absolute atomic E-state index is 0.0779. The summed E-state index contributed by atoms with van der Waals surface area (Å²) in [7, 11) is 2.22. The molecular formula is C31H28Cl2F3N3O8. The van der Waals surface area contributed by atoms with Crippen LogP contribution < -0.4 is 20.7 Å². The minimum Gasteiger partial charge on any atom is -0.489 e. The van der Waals surface area contributed by atoms with Gasteiger partial charge in [-0.2, -0.15) is 13.2 Å². The van der Waals surface area contributed by atoms with Crippen LogP contribution in [0.25, 0.3) is 5.69 Å². The van der Waals surface area contributed by atoms with Crippen molar-refractivity contribution in [2.75, 3.05) is 7.11 Å². The van der Waals surface area contributed by atoms with Gasteiger partial charge in [0.05, 0.1) is 17.8 Å². The SMILES string of the molecule is CCc1ccc(COc2ccc(-n3c(=O)cc(C(F)(F)F)n(C)c3=O)cc2)c(OC(C)C(=O)OC)c1.O=C(O)c1nc(Cl)ccc1Cl. The number of rotatable bonds is 9. The number of aryl methyl sites for hydroxylation is 1. The standard InChI is InChI=1S/C25H25F3N2O6.C6H3Cl2NO2/c1-5-16-6-7-17(20(12-16)36-15(2)23(32)34-4)14-35-19-10-8-18(9-11-19)30-22(31)13-21(25(26,27)28)29(3)24(30)33;7-3-1-2-4(8)9-5(3)6(10)11/h6-13,15H,5,14H2,1-4H3;1-2H,(H,10,11). The van der Waals surface area contributed by atoms with E-state index < -0.39 is 41.2 Å². The Hall–Kier alpha value is -4.82. The summed E-state index contributed by atoms with van der Waals surface area (Å²) in [6, 6.07) is 14.5. The Kier molecular flexibility index (Phi) is 12.2. The topological polar surface area (TPSA) is 139 Å². The van der Waals surface area contributed by atoms with Crippen molar-refractivity contribution < 1.29 is 42.1 Å². The number of carboxylic acid groups (broad SMARTS) is 1. The zero-order valence-corrected chi connectivity index (χ0v) is 26.8. The van der Waals surface area contributed by atoms with E-state index in [4.69, 9.17) is 42.5 Å². The highest BCUT2D eigenvalue weighted by atomic mass is 35.5. The number of nitrogens with zero attached hydrogens (tertiary/aromatic N) is 3. The smallest absolute Gasteiger partial charge is 0.431 e. The van der Waals surface area contributed by atoms with E-state index in [2.05, 4.69) is 4.98 Å². The number of carbonyl (C=O) groups excluding carboxylic acids is 1. The molecule has 11 nitrogen and oxygen atoms in total. The van der Waals surface area contributed by atoms with E-state index >= 15 is 0 Å². The van der Waals surface area contributed by atoms with Gasteiger partial charge in [-0.25, -0.2) is 23.9 Å². The molecule has 1 N–H and O–H groups in total. The predicted molar refractivity (Wildman–Crippen MR) is 166 cm³/mol. The summed E-state index contributed by atoms with van der Waals surface area (Å²) in [6.45, 7) is 3.63. The van der Waals surface area contributed by atoms with E-state index in [1.165, 1.54) is 43.5 Å². The molecule has 0 bridgehead atoms. The summed E-state index contributed by atoms with van der Waals surface area (Å²) in [5.41, 5.74) is -2.03. The van der Waals surface area contributed by atoms with Gasteiger partial charge in [0.2, 0.25) is 0 Å². The molecule has 4 rings (SSSR count). The van der Waals surface area contributed by atoms with Crippen molar-refractivity contribution in [1.82, 2.24) is 14.1 Å². The lowest BCUT2D eigenvalue weighted by atomic mass is 10.1. The number of esters is 1. The van der Waals surface area contributed by atoms with E-state index in [1.54, 1.807) is 6.92 Å². The zero-order valence-electron chi connectivity index (χ0n) is 25.3. The van der Waals surface area contributed by atoms with Gasteiger partial charge in [-0.3, -0.25) is 9.36 Å². The first-order valence-corrected chi connectivity index (χ1v) is 14.4. The van der Waals surface area contributed by atoms with Crippen LogP contribution in [0.15, 0.2) is 70.3 Å². The van der Waals surface area contributed by atoms with E-state index in [1.807, 2.05) is 25.1 Å². The van der Waals surface area contributed by atoms with Crippen molar-refractivity contribution >= 4 is 35.1 Å². The summed E-state index contributed by atoms with van der Waals surface area (Å²) in [5.74, 6) is -0.868. The predicted octanol–water partition coefficient (Wildman–Crippen LogP) is 5.72. The summed E-state index contributed by atoms with van der Waals surface area (Å²) in [6.07, 6.45) is -4.91. The van der Waals surface area contributed by atoms with Crippen molar-refractivity contribution in [1.29, 1.82) is 0 Å². The second-order valence-electron chi connectivity index (χ2n) is 9.67. The van der Waals surface area contributed by atoms with E-state index in [0.717, 1.165) is 19.0 Å². The Balaban J connectivity index is 0.000000461. The molecule has 1 unspecified atom stereocenters. The van der Waals surface area contributed by atoms with Gasteiger partial charge in [-0.15, -0.1) is 0 Å². The van der Waals surface area contributed by atoms with Crippen LogP contribution in [-0.4, -0.2) is 44.4 Å². The number of ether oxygens (including phenoxy) is 3. The second-order valence-corrected chi connectivity index (χ2v) is 10.5. The van der Waals surface area contributed by atoms with Crippen LogP contribution in [0.2, 0.25) is 10.2 Å². The van der Waals surface area contributed by atoms with Gasteiger partial charge in [-0.05, 0) is 61.4 Å². The number of alkyl halides is 3. The number of hydrogen-bond acceptors (Lipinski definition) is 8. The lowest BCUT2D eigenvalue weighted by Gasteiger charge is -2.17. The van der Waals surface area contributed by atoms with E-state index in [9.17, 15) is 32.3 Å². The van der Waals surface area contributed by atoms with E-state index in [0.29, 0.717) is 32.3 Å². The van der Waals surface area contributed by atoms with Crippen LogP contribution >= 0.6 is 23.2 Å². The monoisotopic (exact) mass is 697 g/mol. The molecule has 47 heavy (non-hydrogen) atoms. The van der Waals surface area contributed by atoms with Crippen molar-refractivity contribution in [2.24, 2.45) is 7.05 Å². The van der Waals surface area contributed by atoms with Crippen LogP contribution in [0.4, 0.5) is 13.2 Å². The number of pyridine rings is 1. The van der Waals surface area contributed by atoms with Crippen LogP contribution in [0.1, 0.15) is 41.2 Å². The van der Waals surface area contributed by atoms with Gasteiger partial charge in [0.15, 0.2) is 11.8 Å². The molecule has 0 fully saturated rings. The maximum Gasteiger partial charge on any atom is 0.431 e. The quantitative estimate of drug-likeness (QED) is 0.172. The molecule has 0 aliphatic carbocycles. The summed E-state index contributed by atoms with van der Waals surface area (Å²) in [4.78, 5) is 50.4. The average molecular weight is 698 g/mol.